The largest absolute Gasteiger partial charge is 0.466 e. The Kier molecular flexibility index (Phi) is 10.0. The van der Waals surface area contributed by atoms with Gasteiger partial charge in [-0.05, 0) is 12.8 Å². The number of alkyl halides is 4. The summed E-state index contributed by atoms with van der Waals surface area (Å²) < 4.78 is 8.36. The lowest BCUT2D eigenvalue weighted by molar-refractivity contribution is -0.152. The number of esters is 2. The summed E-state index contributed by atoms with van der Waals surface area (Å²) in [5.41, 5.74) is 0. The minimum Gasteiger partial charge on any atom is -0.466 e. The van der Waals surface area contributed by atoms with E-state index >= 15 is 0 Å². The molecule has 0 N–H and O–H groups in total. The van der Waals surface area contributed by atoms with E-state index < -0.39 is 3.79 Å². The Morgan fingerprint density at radius 1 is 0.944 bits per heavy atom. The van der Waals surface area contributed by atoms with Gasteiger partial charge < -0.3 is 9.47 Å². The first-order valence-electron chi connectivity index (χ1n) is 5.29. The summed E-state index contributed by atoms with van der Waals surface area (Å²) in [6.45, 7) is 0.882. The fourth-order valence-corrected chi connectivity index (χ4v) is 0.925. The number of hydrogen-bond donors (Lipinski definition) is 0. The molecular weight excluding hydrogens is 326 g/mol. The minimum absolute atomic E-state index is 0.0394. The van der Waals surface area contributed by atoms with Crippen molar-refractivity contribution < 1.29 is 19.1 Å². The van der Waals surface area contributed by atoms with Gasteiger partial charge in [0, 0.05) is 0 Å². The van der Waals surface area contributed by atoms with Crippen molar-refractivity contribution >= 4 is 58.3 Å². The van der Waals surface area contributed by atoms with Crippen molar-refractivity contribution in [3.05, 3.63) is 0 Å². The fourth-order valence-electron chi connectivity index (χ4n) is 0.925. The van der Waals surface area contributed by atoms with Crippen LogP contribution in [-0.4, -0.2) is 34.8 Å². The van der Waals surface area contributed by atoms with Crippen LogP contribution in [0.1, 0.15) is 25.7 Å². The van der Waals surface area contributed by atoms with E-state index in [9.17, 15) is 9.59 Å². The molecule has 0 radical (unpaired) electrons. The van der Waals surface area contributed by atoms with Gasteiger partial charge >= 0.3 is 11.9 Å². The topological polar surface area (TPSA) is 52.6 Å². The second-order valence-electron chi connectivity index (χ2n) is 3.40. The monoisotopic (exact) mass is 338 g/mol. The van der Waals surface area contributed by atoms with Gasteiger partial charge in [0.25, 0.3) is 0 Å². The molecule has 0 bridgehead atoms. The van der Waals surface area contributed by atoms with Gasteiger partial charge in [0.15, 0.2) is 0 Å². The van der Waals surface area contributed by atoms with Gasteiger partial charge in [-0.2, -0.15) is 0 Å². The molecular formula is C10H14Cl4O4. The Bertz CT molecular complexity index is 245. The molecule has 106 valence electrons. The molecule has 0 spiro atoms. The summed E-state index contributed by atoms with van der Waals surface area (Å²) in [5.74, 6) is -0.583. The molecule has 1 fully saturated rings. The van der Waals surface area contributed by atoms with Crippen molar-refractivity contribution in [3.63, 3.8) is 0 Å². The molecule has 0 aromatic carbocycles. The van der Waals surface area contributed by atoms with Crippen molar-refractivity contribution in [1.29, 1.82) is 0 Å². The Balaban J connectivity index is 0.000000411. The molecule has 1 aliphatic rings. The van der Waals surface area contributed by atoms with Crippen LogP contribution in [-0.2, 0) is 19.1 Å². The normalized spacial score (nSPS) is 18.0. The van der Waals surface area contributed by atoms with Crippen LogP contribution in [0.3, 0.4) is 0 Å². The molecule has 1 heterocycles. The maximum atomic E-state index is 10.8. The average molecular weight is 340 g/mol. The number of hydrogen-bond acceptors (Lipinski definition) is 4. The second kappa shape index (κ2) is 9.96. The van der Waals surface area contributed by atoms with E-state index in [0.29, 0.717) is 13.2 Å². The summed E-state index contributed by atoms with van der Waals surface area (Å²) >= 11 is 20.4. The second-order valence-corrected chi connectivity index (χ2v) is 6.18. The van der Waals surface area contributed by atoms with Gasteiger partial charge in [0.05, 0.1) is 31.9 Å². The lowest BCUT2D eigenvalue weighted by Crippen LogP contribution is -2.14. The van der Waals surface area contributed by atoms with Gasteiger partial charge in [-0.25, -0.2) is 0 Å². The predicted molar refractivity (Wildman–Crippen MR) is 71.4 cm³/mol. The van der Waals surface area contributed by atoms with E-state index in [4.69, 9.17) is 55.9 Å². The first kappa shape index (κ1) is 18.1. The molecule has 1 rings (SSSR count). The quantitative estimate of drug-likeness (QED) is 0.502. The molecule has 1 aliphatic heterocycles. The lowest BCUT2D eigenvalue weighted by atomic mass is 10.3. The summed E-state index contributed by atoms with van der Waals surface area (Å²) in [7, 11) is 0. The molecule has 8 heteroatoms. The van der Waals surface area contributed by atoms with Crippen LogP contribution in [0, 0.1) is 0 Å². The summed E-state index contributed by atoms with van der Waals surface area (Å²) in [5, 5.41) is 0. The van der Waals surface area contributed by atoms with E-state index in [0.717, 1.165) is 12.8 Å². The smallest absolute Gasteiger partial charge is 0.306 e. The van der Waals surface area contributed by atoms with E-state index in [1.54, 1.807) is 0 Å². The number of rotatable bonds is 0. The van der Waals surface area contributed by atoms with Crippen LogP contribution in [0.5, 0.6) is 0 Å². The van der Waals surface area contributed by atoms with Crippen molar-refractivity contribution in [2.45, 2.75) is 29.5 Å². The van der Waals surface area contributed by atoms with Gasteiger partial charge in [0.2, 0.25) is 3.79 Å². The third-order valence-corrected chi connectivity index (χ3v) is 2.96. The fraction of sp³-hybridized carbons (Fsp3) is 0.800. The zero-order valence-electron chi connectivity index (χ0n) is 9.59. The van der Waals surface area contributed by atoms with Gasteiger partial charge in [-0.15, -0.1) is 11.6 Å². The van der Waals surface area contributed by atoms with Gasteiger partial charge in [-0.3, -0.25) is 9.59 Å². The molecule has 0 unspecified atom stereocenters. The molecule has 0 atom stereocenters. The third-order valence-electron chi connectivity index (χ3n) is 1.75. The SMILES string of the molecule is ClCC(Cl)(Cl)Cl.O=C1CCC(=O)OCCCCO1. The van der Waals surface area contributed by atoms with Gasteiger partial charge in [-0.1, -0.05) is 34.8 Å². The number of ether oxygens (including phenoxy) is 2. The van der Waals surface area contributed by atoms with E-state index in [-0.39, 0.29) is 30.7 Å². The molecule has 0 saturated carbocycles. The van der Waals surface area contributed by atoms with Crippen LogP contribution in [0.15, 0.2) is 0 Å². The number of carbonyl (C=O) groups is 2. The highest BCUT2D eigenvalue weighted by molar-refractivity contribution is 6.69. The summed E-state index contributed by atoms with van der Waals surface area (Å²) in [4.78, 5) is 21.6. The highest BCUT2D eigenvalue weighted by atomic mass is 35.6. The van der Waals surface area contributed by atoms with Crippen molar-refractivity contribution in [2.75, 3.05) is 19.1 Å². The zero-order valence-corrected chi connectivity index (χ0v) is 12.6. The van der Waals surface area contributed by atoms with Crippen LogP contribution < -0.4 is 0 Å². The summed E-state index contributed by atoms with van der Waals surface area (Å²) in [6.07, 6.45) is 1.80. The average Bonchev–Trinajstić information content (AvgIpc) is 2.30. The van der Waals surface area contributed by atoms with Crippen molar-refractivity contribution in [1.82, 2.24) is 0 Å². The highest BCUT2D eigenvalue weighted by Crippen LogP contribution is 2.26. The number of halogens is 4. The molecule has 1 saturated heterocycles. The molecule has 18 heavy (non-hydrogen) atoms. The maximum absolute atomic E-state index is 10.8. The molecule has 0 amide bonds. The first-order chi connectivity index (χ1) is 8.35. The van der Waals surface area contributed by atoms with E-state index in [1.165, 1.54) is 0 Å². The summed E-state index contributed by atoms with van der Waals surface area (Å²) in [6, 6.07) is 0. The van der Waals surface area contributed by atoms with Crippen molar-refractivity contribution in [2.24, 2.45) is 0 Å². The standard InChI is InChI=1S/C8H12O4.C2H2Cl4/c9-7-3-4-8(10)12-6-2-1-5-11-7;3-1-2(4,5)6/h1-6H2;1H2. The number of carbonyl (C=O) groups excluding carboxylic acids is 2. The lowest BCUT2D eigenvalue weighted by Gasteiger charge is -2.08. The first-order valence-corrected chi connectivity index (χ1v) is 6.96. The van der Waals surface area contributed by atoms with Crippen LogP contribution in [0.4, 0.5) is 0 Å². The molecule has 4 nitrogen and oxygen atoms in total. The van der Waals surface area contributed by atoms with Crippen molar-refractivity contribution in [3.8, 4) is 0 Å². The van der Waals surface area contributed by atoms with Gasteiger partial charge in [0.1, 0.15) is 0 Å². The molecule has 0 aromatic rings. The molecule has 0 aromatic heterocycles. The maximum Gasteiger partial charge on any atom is 0.306 e. The molecule has 0 aliphatic carbocycles. The van der Waals surface area contributed by atoms with Crippen LogP contribution >= 0.6 is 46.4 Å². The van der Waals surface area contributed by atoms with Crippen LogP contribution in [0.2, 0.25) is 0 Å². The Morgan fingerprint density at radius 3 is 1.56 bits per heavy atom. The van der Waals surface area contributed by atoms with Crippen LogP contribution in [0.25, 0.3) is 0 Å². The third kappa shape index (κ3) is 12.6. The Labute approximate surface area is 126 Å². The van der Waals surface area contributed by atoms with E-state index in [2.05, 4.69) is 0 Å². The van der Waals surface area contributed by atoms with E-state index in [1.807, 2.05) is 0 Å². The number of cyclic esters (lactones) is 2. The Hall–Kier alpha value is 0.1000. The predicted octanol–water partition coefficient (Wildman–Crippen LogP) is 3.24. The zero-order chi connectivity index (χ0) is 14.0. The minimum atomic E-state index is -1.28. The highest BCUT2D eigenvalue weighted by Gasteiger charge is 2.16. The Morgan fingerprint density at radius 2 is 1.28 bits per heavy atom.